The van der Waals surface area contributed by atoms with Crippen molar-refractivity contribution in [3.05, 3.63) is 36.3 Å². The molecule has 1 aliphatic rings. The lowest BCUT2D eigenvalue weighted by Gasteiger charge is -2.15. The van der Waals surface area contributed by atoms with Gasteiger partial charge in [-0.2, -0.15) is 5.10 Å². The first kappa shape index (κ1) is 13.2. The van der Waals surface area contributed by atoms with Crippen molar-refractivity contribution in [3.63, 3.8) is 0 Å². The number of benzene rings is 1. The van der Waals surface area contributed by atoms with Crippen LogP contribution in [0, 0.1) is 11.7 Å². The van der Waals surface area contributed by atoms with Gasteiger partial charge in [-0.15, -0.1) is 0 Å². The van der Waals surface area contributed by atoms with Crippen LogP contribution in [-0.2, 0) is 7.05 Å². The van der Waals surface area contributed by atoms with Crippen molar-refractivity contribution in [2.75, 3.05) is 6.61 Å². The van der Waals surface area contributed by atoms with Crippen molar-refractivity contribution in [1.29, 1.82) is 0 Å². The number of hydrogen-bond acceptors (Lipinski definition) is 2. The third kappa shape index (κ3) is 2.69. The number of nitrogens with zero attached hydrogens (tertiary/aromatic N) is 2. The molecule has 1 heterocycles. The van der Waals surface area contributed by atoms with Crippen LogP contribution in [0.5, 0.6) is 5.75 Å². The molecule has 0 aliphatic heterocycles. The molecule has 20 heavy (non-hydrogen) atoms. The number of ether oxygens (including phenoxy) is 1. The molecule has 0 N–H and O–H groups in total. The Bertz CT molecular complexity index is 588. The number of aryl methyl sites for hydroxylation is 1. The van der Waals surface area contributed by atoms with Crippen LogP contribution in [0.1, 0.15) is 25.7 Å². The van der Waals surface area contributed by atoms with Crippen molar-refractivity contribution < 1.29 is 9.13 Å². The number of aromatic nitrogens is 2. The average Bonchev–Trinajstić information content (AvgIpc) is 3.08. The summed E-state index contributed by atoms with van der Waals surface area (Å²) in [5, 5.41) is 4.14. The molecule has 1 saturated carbocycles. The summed E-state index contributed by atoms with van der Waals surface area (Å²) in [6.07, 6.45) is 6.78. The summed E-state index contributed by atoms with van der Waals surface area (Å²) in [6, 6.07) is 6.55. The fourth-order valence-corrected chi connectivity index (χ4v) is 2.85. The van der Waals surface area contributed by atoms with E-state index in [1.807, 2.05) is 13.1 Å². The summed E-state index contributed by atoms with van der Waals surface area (Å²) in [6.45, 7) is 0.719. The maximum atomic E-state index is 13.5. The van der Waals surface area contributed by atoms with Crippen molar-refractivity contribution >= 4 is 0 Å². The van der Waals surface area contributed by atoms with Gasteiger partial charge < -0.3 is 4.74 Å². The van der Waals surface area contributed by atoms with Gasteiger partial charge in [-0.3, -0.25) is 4.68 Å². The van der Waals surface area contributed by atoms with Gasteiger partial charge in [0.05, 0.1) is 12.3 Å². The zero-order valence-corrected chi connectivity index (χ0v) is 11.7. The minimum absolute atomic E-state index is 0.255. The predicted molar refractivity (Wildman–Crippen MR) is 76.1 cm³/mol. The van der Waals surface area contributed by atoms with Crippen molar-refractivity contribution in [1.82, 2.24) is 9.78 Å². The van der Waals surface area contributed by atoms with E-state index >= 15 is 0 Å². The van der Waals surface area contributed by atoms with Gasteiger partial charge in [-0.05, 0) is 43.0 Å². The molecule has 2 aromatic rings. The molecule has 0 bridgehead atoms. The smallest absolute Gasteiger partial charge is 0.128 e. The number of hydrogen-bond donors (Lipinski definition) is 0. The van der Waals surface area contributed by atoms with E-state index in [-0.39, 0.29) is 5.82 Å². The second-order valence-corrected chi connectivity index (χ2v) is 5.44. The highest BCUT2D eigenvalue weighted by Gasteiger charge is 2.17. The molecule has 0 atom stereocenters. The van der Waals surface area contributed by atoms with Crippen LogP contribution in [0.15, 0.2) is 30.5 Å². The average molecular weight is 274 g/mol. The molecule has 0 radical (unpaired) electrons. The fourth-order valence-electron chi connectivity index (χ4n) is 2.85. The van der Waals surface area contributed by atoms with Crippen LogP contribution < -0.4 is 4.74 Å². The summed E-state index contributed by atoms with van der Waals surface area (Å²) in [5.74, 6) is 1.12. The Hall–Kier alpha value is -1.84. The molecule has 1 aromatic heterocycles. The van der Waals surface area contributed by atoms with Gasteiger partial charge in [0.2, 0.25) is 0 Å². The first-order valence-electron chi connectivity index (χ1n) is 7.15. The van der Waals surface area contributed by atoms with E-state index in [2.05, 4.69) is 5.10 Å². The Balaban J connectivity index is 1.84. The molecule has 1 aromatic carbocycles. The van der Waals surface area contributed by atoms with Gasteiger partial charge in [-0.1, -0.05) is 12.8 Å². The second-order valence-electron chi connectivity index (χ2n) is 5.44. The van der Waals surface area contributed by atoms with Crippen LogP contribution in [0.25, 0.3) is 11.3 Å². The molecule has 1 aliphatic carbocycles. The van der Waals surface area contributed by atoms with Crippen molar-refractivity contribution in [2.45, 2.75) is 25.7 Å². The monoisotopic (exact) mass is 274 g/mol. The zero-order valence-electron chi connectivity index (χ0n) is 11.7. The molecular formula is C16H19FN2O. The van der Waals surface area contributed by atoms with E-state index in [0.717, 1.165) is 23.6 Å². The van der Waals surface area contributed by atoms with Crippen LogP contribution in [0.4, 0.5) is 4.39 Å². The Morgan fingerprint density at radius 1 is 1.30 bits per heavy atom. The van der Waals surface area contributed by atoms with Crippen molar-refractivity contribution in [2.24, 2.45) is 13.0 Å². The molecule has 106 valence electrons. The summed E-state index contributed by atoms with van der Waals surface area (Å²) in [5.41, 5.74) is 1.63. The quantitative estimate of drug-likeness (QED) is 0.848. The normalized spacial score (nSPS) is 15.7. The van der Waals surface area contributed by atoms with Gasteiger partial charge in [0.25, 0.3) is 0 Å². The Kier molecular flexibility index (Phi) is 3.72. The zero-order chi connectivity index (χ0) is 13.9. The second kappa shape index (κ2) is 5.65. The third-order valence-corrected chi connectivity index (χ3v) is 3.99. The minimum Gasteiger partial charge on any atom is -0.493 e. The lowest BCUT2D eigenvalue weighted by atomic mass is 10.1. The van der Waals surface area contributed by atoms with Crippen molar-refractivity contribution in [3.8, 4) is 17.0 Å². The Morgan fingerprint density at radius 3 is 2.80 bits per heavy atom. The van der Waals surface area contributed by atoms with E-state index < -0.39 is 0 Å². The summed E-state index contributed by atoms with van der Waals surface area (Å²) < 4.78 is 21.2. The summed E-state index contributed by atoms with van der Waals surface area (Å²) in [4.78, 5) is 0. The minimum atomic E-state index is -0.255. The lowest BCUT2D eigenvalue weighted by molar-refractivity contribution is 0.252. The first-order chi connectivity index (χ1) is 9.74. The highest BCUT2D eigenvalue weighted by Crippen LogP contribution is 2.32. The summed E-state index contributed by atoms with van der Waals surface area (Å²) in [7, 11) is 1.85. The van der Waals surface area contributed by atoms with Gasteiger partial charge in [0.1, 0.15) is 11.6 Å². The van der Waals surface area contributed by atoms with Gasteiger partial charge in [0, 0.05) is 18.8 Å². The molecule has 3 nitrogen and oxygen atoms in total. The lowest BCUT2D eigenvalue weighted by Crippen LogP contribution is -2.09. The number of halogens is 1. The van der Waals surface area contributed by atoms with Crippen LogP contribution >= 0.6 is 0 Å². The molecule has 0 spiro atoms. The summed E-state index contributed by atoms with van der Waals surface area (Å²) >= 11 is 0. The van der Waals surface area contributed by atoms with Crippen LogP contribution in [-0.4, -0.2) is 16.4 Å². The Morgan fingerprint density at radius 2 is 2.10 bits per heavy atom. The van der Waals surface area contributed by atoms with E-state index in [1.165, 1.54) is 37.8 Å². The van der Waals surface area contributed by atoms with Gasteiger partial charge in [0.15, 0.2) is 0 Å². The number of rotatable bonds is 4. The van der Waals surface area contributed by atoms with E-state index in [1.54, 1.807) is 16.9 Å². The SMILES string of the molecule is Cn1nccc1-c1cc(F)ccc1OCC1CCCC1. The van der Waals surface area contributed by atoms with Gasteiger partial charge in [-0.25, -0.2) is 4.39 Å². The van der Waals surface area contributed by atoms with Crippen LogP contribution in [0.3, 0.4) is 0 Å². The molecule has 0 saturated heterocycles. The third-order valence-electron chi connectivity index (χ3n) is 3.99. The molecule has 0 unspecified atom stereocenters. The molecule has 0 amide bonds. The molecular weight excluding hydrogens is 255 g/mol. The maximum Gasteiger partial charge on any atom is 0.128 e. The molecule has 4 heteroatoms. The largest absolute Gasteiger partial charge is 0.493 e. The maximum absolute atomic E-state index is 13.5. The predicted octanol–water partition coefficient (Wildman–Crippen LogP) is 3.80. The van der Waals surface area contributed by atoms with Gasteiger partial charge >= 0.3 is 0 Å². The molecule has 3 rings (SSSR count). The van der Waals surface area contributed by atoms with E-state index in [9.17, 15) is 4.39 Å². The topological polar surface area (TPSA) is 27.1 Å². The fraction of sp³-hybridized carbons (Fsp3) is 0.438. The highest BCUT2D eigenvalue weighted by atomic mass is 19.1. The standard InChI is InChI=1S/C16H19FN2O/c1-19-15(8-9-18-19)14-10-13(17)6-7-16(14)20-11-12-4-2-3-5-12/h6-10,12H,2-5,11H2,1H3. The first-order valence-corrected chi connectivity index (χ1v) is 7.15. The van der Waals surface area contributed by atoms with Crippen LogP contribution in [0.2, 0.25) is 0 Å². The van der Waals surface area contributed by atoms with E-state index in [0.29, 0.717) is 5.92 Å². The highest BCUT2D eigenvalue weighted by molar-refractivity contribution is 5.67. The Labute approximate surface area is 118 Å². The molecule has 1 fully saturated rings. The van der Waals surface area contributed by atoms with E-state index in [4.69, 9.17) is 4.74 Å².